The molecule has 0 radical (unpaired) electrons. The van der Waals surface area contributed by atoms with Gasteiger partial charge in [-0.15, -0.1) is 0 Å². The van der Waals surface area contributed by atoms with Gasteiger partial charge in [-0.3, -0.25) is 4.98 Å². The van der Waals surface area contributed by atoms with Gasteiger partial charge in [0.2, 0.25) is 0 Å². The molecule has 20 heavy (non-hydrogen) atoms. The lowest BCUT2D eigenvalue weighted by atomic mass is 10.1. The van der Waals surface area contributed by atoms with Crippen LogP contribution in [0.1, 0.15) is 31.4 Å². The number of amides is 2. The maximum Gasteiger partial charge on any atom is 0.317 e. The molecule has 0 atom stereocenters. The molecule has 1 aliphatic carbocycles. The fraction of sp³-hybridized carbons (Fsp3) is 0.600. The second-order valence-corrected chi connectivity index (χ2v) is 5.71. The third kappa shape index (κ3) is 3.03. The lowest BCUT2D eigenvalue weighted by molar-refractivity contribution is 0.0434. The lowest BCUT2D eigenvalue weighted by Gasteiger charge is -2.39. The van der Waals surface area contributed by atoms with Gasteiger partial charge in [0, 0.05) is 24.0 Å². The standard InChI is InChI=1S/C15H21N3O2/c1-11-8-13(6-7-16-11)20-14-9-18(10-14)15(19)17-12-4-2-3-5-12/h6-8,12,14H,2-5,9-10H2,1H3,(H,17,19). The summed E-state index contributed by atoms with van der Waals surface area (Å²) in [5.41, 5.74) is 0.942. The summed E-state index contributed by atoms with van der Waals surface area (Å²) in [6, 6.07) is 4.21. The van der Waals surface area contributed by atoms with Gasteiger partial charge in [0.15, 0.2) is 0 Å². The Morgan fingerprint density at radius 1 is 1.40 bits per heavy atom. The van der Waals surface area contributed by atoms with E-state index in [2.05, 4.69) is 10.3 Å². The smallest absolute Gasteiger partial charge is 0.317 e. The molecule has 1 aromatic heterocycles. The molecule has 0 unspecified atom stereocenters. The first kappa shape index (κ1) is 13.2. The number of ether oxygens (including phenoxy) is 1. The van der Waals surface area contributed by atoms with E-state index < -0.39 is 0 Å². The number of likely N-dealkylation sites (tertiary alicyclic amines) is 1. The van der Waals surface area contributed by atoms with Gasteiger partial charge < -0.3 is 15.0 Å². The predicted molar refractivity (Wildman–Crippen MR) is 75.8 cm³/mol. The Bertz CT molecular complexity index is 480. The van der Waals surface area contributed by atoms with Crippen molar-refractivity contribution in [2.24, 2.45) is 0 Å². The fourth-order valence-electron chi connectivity index (χ4n) is 2.80. The molecular weight excluding hydrogens is 254 g/mol. The summed E-state index contributed by atoms with van der Waals surface area (Å²) in [4.78, 5) is 17.9. The molecule has 1 saturated heterocycles. The van der Waals surface area contributed by atoms with Crippen LogP contribution in [0.25, 0.3) is 0 Å². The minimum Gasteiger partial charge on any atom is -0.487 e. The molecule has 0 bridgehead atoms. The topological polar surface area (TPSA) is 54.5 Å². The molecule has 0 aromatic carbocycles. The van der Waals surface area contributed by atoms with Gasteiger partial charge in [0.1, 0.15) is 11.9 Å². The molecule has 2 heterocycles. The Labute approximate surface area is 119 Å². The SMILES string of the molecule is Cc1cc(OC2CN(C(=O)NC3CCCC3)C2)ccn1. The average Bonchev–Trinajstić information content (AvgIpc) is 2.86. The molecule has 5 heteroatoms. The van der Waals surface area contributed by atoms with Gasteiger partial charge in [0.05, 0.1) is 13.1 Å². The van der Waals surface area contributed by atoms with Gasteiger partial charge in [-0.2, -0.15) is 0 Å². The Balaban J connectivity index is 1.43. The zero-order valence-electron chi connectivity index (χ0n) is 11.8. The van der Waals surface area contributed by atoms with Crippen LogP contribution in [0.3, 0.4) is 0 Å². The highest BCUT2D eigenvalue weighted by Crippen LogP contribution is 2.20. The molecule has 1 saturated carbocycles. The van der Waals surface area contributed by atoms with Crippen molar-refractivity contribution in [3.63, 3.8) is 0 Å². The Morgan fingerprint density at radius 3 is 2.85 bits per heavy atom. The first-order valence-electron chi connectivity index (χ1n) is 7.35. The number of nitrogens with one attached hydrogen (secondary N) is 1. The molecule has 1 aromatic rings. The Hall–Kier alpha value is -1.78. The third-order valence-corrected chi connectivity index (χ3v) is 3.99. The summed E-state index contributed by atoms with van der Waals surface area (Å²) >= 11 is 0. The van der Waals surface area contributed by atoms with E-state index >= 15 is 0 Å². The van der Waals surface area contributed by atoms with Crippen LogP contribution in [0, 0.1) is 6.92 Å². The van der Waals surface area contributed by atoms with Crippen molar-refractivity contribution < 1.29 is 9.53 Å². The van der Waals surface area contributed by atoms with Gasteiger partial charge in [-0.1, -0.05) is 12.8 Å². The summed E-state index contributed by atoms with van der Waals surface area (Å²) in [6.07, 6.45) is 6.56. The number of hydrogen-bond donors (Lipinski definition) is 1. The van der Waals surface area contributed by atoms with Crippen LogP contribution >= 0.6 is 0 Å². The van der Waals surface area contributed by atoms with Crippen LogP contribution in [0.2, 0.25) is 0 Å². The number of aryl methyl sites for hydroxylation is 1. The van der Waals surface area contributed by atoms with Crippen molar-refractivity contribution in [2.45, 2.75) is 44.8 Å². The maximum absolute atomic E-state index is 12.0. The van der Waals surface area contributed by atoms with Crippen molar-refractivity contribution in [2.75, 3.05) is 13.1 Å². The molecule has 1 N–H and O–H groups in total. The average molecular weight is 275 g/mol. The van der Waals surface area contributed by atoms with Crippen LogP contribution < -0.4 is 10.1 Å². The fourth-order valence-corrected chi connectivity index (χ4v) is 2.80. The summed E-state index contributed by atoms with van der Waals surface area (Å²) < 4.78 is 5.82. The van der Waals surface area contributed by atoms with E-state index in [0.29, 0.717) is 19.1 Å². The van der Waals surface area contributed by atoms with E-state index in [9.17, 15) is 4.79 Å². The number of nitrogens with zero attached hydrogens (tertiary/aromatic N) is 2. The quantitative estimate of drug-likeness (QED) is 0.919. The molecule has 0 spiro atoms. The van der Waals surface area contributed by atoms with Crippen molar-refractivity contribution in [3.05, 3.63) is 24.0 Å². The Kier molecular flexibility index (Phi) is 3.76. The molecule has 5 nitrogen and oxygen atoms in total. The number of urea groups is 1. The normalized spacial score (nSPS) is 19.8. The molecule has 108 valence electrons. The van der Waals surface area contributed by atoms with Crippen LogP contribution in [-0.2, 0) is 0 Å². The highest BCUT2D eigenvalue weighted by molar-refractivity contribution is 5.75. The van der Waals surface area contributed by atoms with E-state index in [1.54, 1.807) is 6.20 Å². The Morgan fingerprint density at radius 2 is 2.15 bits per heavy atom. The van der Waals surface area contributed by atoms with Crippen molar-refractivity contribution >= 4 is 6.03 Å². The number of rotatable bonds is 3. The van der Waals surface area contributed by atoms with Gasteiger partial charge in [0.25, 0.3) is 0 Å². The molecule has 3 rings (SSSR count). The molecule has 2 fully saturated rings. The summed E-state index contributed by atoms with van der Waals surface area (Å²) in [7, 11) is 0. The number of carbonyl (C=O) groups excluding carboxylic acids is 1. The van der Waals surface area contributed by atoms with Gasteiger partial charge >= 0.3 is 6.03 Å². The van der Waals surface area contributed by atoms with Crippen molar-refractivity contribution in [3.8, 4) is 5.75 Å². The minimum atomic E-state index is 0.0580. The van der Waals surface area contributed by atoms with Crippen molar-refractivity contribution in [1.82, 2.24) is 15.2 Å². The molecule has 2 aliphatic rings. The monoisotopic (exact) mass is 275 g/mol. The van der Waals surface area contributed by atoms with E-state index in [1.807, 2.05) is 24.0 Å². The zero-order valence-corrected chi connectivity index (χ0v) is 11.8. The van der Waals surface area contributed by atoms with Crippen LogP contribution in [0.4, 0.5) is 4.79 Å². The summed E-state index contributed by atoms with van der Waals surface area (Å²) in [5, 5.41) is 3.10. The summed E-state index contributed by atoms with van der Waals surface area (Å²) in [5.74, 6) is 0.832. The van der Waals surface area contributed by atoms with Crippen LogP contribution in [0.5, 0.6) is 5.75 Å². The molecule has 1 aliphatic heterocycles. The van der Waals surface area contributed by atoms with E-state index in [-0.39, 0.29) is 12.1 Å². The largest absolute Gasteiger partial charge is 0.487 e. The second kappa shape index (κ2) is 5.69. The first-order valence-corrected chi connectivity index (χ1v) is 7.35. The van der Waals surface area contributed by atoms with Crippen LogP contribution in [-0.4, -0.2) is 41.2 Å². The van der Waals surface area contributed by atoms with E-state index in [0.717, 1.165) is 24.3 Å². The zero-order chi connectivity index (χ0) is 13.9. The lowest BCUT2D eigenvalue weighted by Crippen LogP contribution is -2.59. The third-order valence-electron chi connectivity index (χ3n) is 3.99. The highest BCUT2D eigenvalue weighted by Gasteiger charge is 2.33. The maximum atomic E-state index is 12.0. The van der Waals surface area contributed by atoms with Gasteiger partial charge in [-0.05, 0) is 25.8 Å². The highest BCUT2D eigenvalue weighted by atomic mass is 16.5. The van der Waals surface area contributed by atoms with Crippen LogP contribution in [0.15, 0.2) is 18.3 Å². The number of pyridine rings is 1. The van der Waals surface area contributed by atoms with Crippen molar-refractivity contribution in [1.29, 1.82) is 0 Å². The van der Waals surface area contributed by atoms with Gasteiger partial charge in [-0.25, -0.2) is 4.79 Å². The summed E-state index contributed by atoms with van der Waals surface area (Å²) in [6.45, 7) is 3.27. The predicted octanol–water partition coefficient (Wildman–Crippen LogP) is 2.11. The minimum absolute atomic E-state index is 0.0580. The van der Waals surface area contributed by atoms with E-state index in [4.69, 9.17) is 4.74 Å². The van der Waals surface area contributed by atoms with E-state index in [1.165, 1.54) is 12.8 Å². The number of hydrogen-bond acceptors (Lipinski definition) is 3. The molecule has 2 amide bonds. The number of aromatic nitrogens is 1. The number of carbonyl (C=O) groups is 1. The molecular formula is C15H21N3O2. The first-order chi connectivity index (χ1) is 9.70. The second-order valence-electron chi connectivity index (χ2n) is 5.71.